The van der Waals surface area contributed by atoms with E-state index in [0.29, 0.717) is 12.2 Å². The molecule has 1 aromatic carbocycles. The van der Waals surface area contributed by atoms with Crippen molar-refractivity contribution >= 4 is 23.6 Å². The van der Waals surface area contributed by atoms with E-state index < -0.39 is 29.5 Å². The summed E-state index contributed by atoms with van der Waals surface area (Å²) in [6, 6.07) is 2.09. The van der Waals surface area contributed by atoms with Crippen molar-refractivity contribution in [2.45, 2.75) is 31.7 Å². The SMILES string of the molecule is CCO/C=C/c1cc(F)c(Cl)cc1C(=O)NC1CC2[C@H](C1)C2(F)F. The van der Waals surface area contributed by atoms with Crippen LogP contribution in [0.4, 0.5) is 13.2 Å². The third-order valence-corrected chi connectivity index (χ3v) is 4.91. The monoisotopic (exact) mass is 359 g/mol. The van der Waals surface area contributed by atoms with Crippen molar-refractivity contribution in [2.75, 3.05) is 6.61 Å². The first kappa shape index (κ1) is 17.1. The summed E-state index contributed by atoms with van der Waals surface area (Å²) >= 11 is 5.77. The predicted octanol–water partition coefficient (Wildman–Crippen LogP) is 4.26. The second-order valence-corrected chi connectivity index (χ2v) is 6.55. The lowest BCUT2D eigenvalue weighted by Crippen LogP contribution is -2.35. The Bertz CT molecular complexity index is 679. The molecule has 0 heterocycles. The number of rotatable bonds is 5. The Kier molecular flexibility index (Phi) is 4.51. The van der Waals surface area contributed by atoms with E-state index in [1.165, 1.54) is 18.4 Å². The summed E-state index contributed by atoms with van der Waals surface area (Å²) in [7, 11) is 0. The van der Waals surface area contributed by atoms with Gasteiger partial charge in [0.2, 0.25) is 0 Å². The average Bonchev–Trinajstić information content (AvgIpc) is 2.88. The van der Waals surface area contributed by atoms with E-state index in [1.54, 1.807) is 6.92 Å². The largest absolute Gasteiger partial charge is 0.501 e. The molecule has 2 fully saturated rings. The number of ether oxygens (including phenoxy) is 1. The van der Waals surface area contributed by atoms with E-state index >= 15 is 0 Å². The number of nitrogens with one attached hydrogen (secondary N) is 1. The van der Waals surface area contributed by atoms with Crippen molar-refractivity contribution in [1.29, 1.82) is 0 Å². The van der Waals surface area contributed by atoms with Crippen LogP contribution in [-0.4, -0.2) is 24.5 Å². The zero-order chi connectivity index (χ0) is 17.5. The molecule has 2 aliphatic rings. The van der Waals surface area contributed by atoms with Gasteiger partial charge in [-0.3, -0.25) is 4.79 Å². The van der Waals surface area contributed by atoms with E-state index in [1.807, 2.05) is 0 Å². The Balaban J connectivity index is 1.73. The van der Waals surface area contributed by atoms with Crippen LogP contribution in [0.15, 0.2) is 18.4 Å². The fourth-order valence-electron chi connectivity index (χ4n) is 3.31. The number of alkyl halides is 2. The molecule has 0 bridgehead atoms. The Hall–Kier alpha value is -1.69. The van der Waals surface area contributed by atoms with Crippen LogP contribution >= 0.6 is 11.6 Å². The van der Waals surface area contributed by atoms with Crippen LogP contribution in [0.25, 0.3) is 6.08 Å². The van der Waals surface area contributed by atoms with Gasteiger partial charge in [0.1, 0.15) is 5.82 Å². The van der Waals surface area contributed by atoms with E-state index in [2.05, 4.69) is 5.32 Å². The van der Waals surface area contributed by atoms with Crippen molar-refractivity contribution in [2.24, 2.45) is 11.8 Å². The number of hydrogen-bond acceptors (Lipinski definition) is 2. The van der Waals surface area contributed by atoms with E-state index in [0.717, 1.165) is 6.07 Å². The lowest BCUT2D eigenvalue weighted by Gasteiger charge is -2.17. The maximum absolute atomic E-state index is 13.7. The van der Waals surface area contributed by atoms with E-state index in [-0.39, 0.29) is 29.5 Å². The van der Waals surface area contributed by atoms with Gasteiger partial charge in [0.15, 0.2) is 0 Å². The predicted molar refractivity (Wildman–Crippen MR) is 84.5 cm³/mol. The number of carbonyl (C=O) groups excluding carboxylic acids is 1. The molecule has 0 saturated heterocycles. The molecule has 2 unspecified atom stereocenters. The maximum atomic E-state index is 13.7. The van der Waals surface area contributed by atoms with Crippen molar-refractivity contribution in [1.82, 2.24) is 5.32 Å². The lowest BCUT2D eigenvalue weighted by molar-refractivity contribution is 0.0649. The van der Waals surface area contributed by atoms with Gasteiger partial charge in [-0.2, -0.15) is 0 Å². The second-order valence-electron chi connectivity index (χ2n) is 6.14. The summed E-state index contributed by atoms with van der Waals surface area (Å²) in [5.41, 5.74) is 0.501. The van der Waals surface area contributed by atoms with Crippen molar-refractivity contribution in [3.8, 4) is 0 Å². The molecule has 1 amide bonds. The minimum absolute atomic E-state index is 0.172. The van der Waals surface area contributed by atoms with Crippen LogP contribution in [0.3, 0.4) is 0 Å². The van der Waals surface area contributed by atoms with Crippen LogP contribution in [0.2, 0.25) is 5.02 Å². The fourth-order valence-corrected chi connectivity index (χ4v) is 3.47. The molecule has 0 aliphatic heterocycles. The van der Waals surface area contributed by atoms with Crippen LogP contribution in [0.5, 0.6) is 0 Å². The highest BCUT2D eigenvalue weighted by atomic mass is 35.5. The normalized spacial score (nSPS) is 27.1. The molecule has 2 aliphatic carbocycles. The first-order valence-corrected chi connectivity index (χ1v) is 8.18. The molecule has 0 aromatic heterocycles. The van der Waals surface area contributed by atoms with Gasteiger partial charge in [-0.15, -0.1) is 0 Å². The highest BCUT2D eigenvalue weighted by Gasteiger charge is 2.71. The highest BCUT2D eigenvalue weighted by molar-refractivity contribution is 6.31. The Morgan fingerprint density at radius 3 is 2.71 bits per heavy atom. The maximum Gasteiger partial charge on any atom is 0.254 e. The zero-order valence-corrected chi connectivity index (χ0v) is 13.7. The Labute approximate surface area is 142 Å². The standard InChI is InChI=1S/C17H17ClF3NO2/c1-2-24-4-3-9-5-15(19)14(18)8-11(9)16(23)22-10-6-12-13(7-10)17(12,20)21/h3-5,8,10,12-13H,2,6-7H2,1H3,(H,22,23)/b4-3+/t10?,12-,13?/m0/s1. The molecule has 24 heavy (non-hydrogen) atoms. The minimum atomic E-state index is -2.58. The summed E-state index contributed by atoms with van der Waals surface area (Å²) in [5, 5.41) is 2.57. The first-order valence-electron chi connectivity index (χ1n) is 7.80. The van der Waals surface area contributed by atoms with Gasteiger partial charge in [0.25, 0.3) is 11.8 Å². The van der Waals surface area contributed by atoms with Crippen LogP contribution < -0.4 is 5.32 Å². The Morgan fingerprint density at radius 1 is 1.42 bits per heavy atom. The Morgan fingerprint density at radius 2 is 2.08 bits per heavy atom. The first-order chi connectivity index (χ1) is 11.3. The van der Waals surface area contributed by atoms with Crippen LogP contribution in [0.1, 0.15) is 35.7 Å². The van der Waals surface area contributed by atoms with Crippen LogP contribution in [0, 0.1) is 17.7 Å². The van der Waals surface area contributed by atoms with Gasteiger partial charge in [-0.05, 0) is 43.5 Å². The summed E-state index contributed by atoms with van der Waals surface area (Å²) in [5.74, 6) is -4.94. The topological polar surface area (TPSA) is 38.3 Å². The van der Waals surface area contributed by atoms with E-state index in [4.69, 9.17) is 16.3 Å². The van der Waals surface area contributed by atoms with Gasteiger partial charge in [0, 0.05) is 23.4 Å². The third kappa shape index (κ3) is 3.11. The number of hydrogen-bond donors (Lipinski definition) is 1. The second kappa shape index (κ2) is 6.31. The quantitative estimate of drug-likeness (QED) is 0.798. The third-order valence-electron chi connectivity index (χ3n) is 4.63. The summed E-state index contributed by atoms with van der Waals surface area (Å²) in [6.45, 7) is 2.23. The van der Waals surface area contributed by atoms with Crippen LogP contribution in [-0.2, 0) is 4.74 Å². The molecule has 3 rings (SSSR count). The zero-order valence-electron chi connectivity index (χ0n) is 13.0. The molecule has 0 spiro atoms. The smallest absolute Gasteiger partial charge is 0.254 e. The van der Waals surface area contributed by atoms with Gasteiger partial charge in [-0.1, -0.05) is 11.6 Å². The number of amides is 1. The summed E-state index contributed by atoms with van der Waals surface area (Å²) in [6.07, 6.45) is 3.37. The molecule has 1 aromatic rings. The van der Waals surface area contributed by atoms with Gasteiger partial charge in [0.05, 0.1) is 17.9 Å². The lowest BCUT2D eigenvalue weighted by atomic mass is 10.0. The van der Waals surface area contributed by atoms with Crippen molar-refractivity contribution in [3.63, 3.8) is 0 Å². The molecular formula is C17H17ClF3NO2. The summed E-state index contributed by atoms with van der Waals surface area (Å²) < 4.78 is 45.2. The molecule has 3 atom stereocenters. The minimum Gasteiger partial charge on any atom is -0.501 e. The van der Waals surface area contributed by atoms with Gasteiger partial charge >= 0.3 is 0 Å². The molecular weight excluding hydrogens is 343 g/mol. The van der Waals surface area contributed by atoms with Gasteiger partial charge < -0.3 is 10.1 Å². The number of benzene rings is 1. The average molecular weight is 360 g/mol. The molecule has 130 valence electrons. The molecule has 2 saturated carbocycles. The van der Waals surface area contributed by atoms with Crippen molar-refractivity contribution < 1.29 is 22.7 Å². The fraction of sp³-hybridized carbons (Fsp3) is 0.471. The number of carbonyl (C=O) groups is 1. The van der Waals surface area contributed by atoms with Crippen molar-refractivity contribution in [3.05, 3.63) is 40.4 Å². The number of fused-ring (bicyclic) bond motifs is 1. The van der Waals surface area contributed by atoms with E-state index in [9.17, 15) is 18.0 Å². The molecule has 1 N–H and O–H groups in total. The molecule has 3 nitrogen and oxygen atoms in total. The molecule has 7 heteroatoms. The number of halogens is 4. The molecule has 0 radical (unpaired) electrons. The summed E-state index contributed by atoms with van der Waals surface area (Å²) in [4.78, 5) is 12.4. The van der Waals surface area contributed by atoms with Gasteiger partial charge in [-0.25, -0.2) is 13.2 Å². The highest BCUT2D eigenvalue weighted by Crippen LogP contribution is 2.64.